The van der Waals surface area contributed by atoms with E-state index in [1.54, 1.807) is 36.1 Å². The van der Waals surface area contributed by atoms with E-state index in [4.69, 9.17) is 4.74 Å². The van der Waals surface area contributed by atoms with Crippen molar-refractivity contribution in [2.45, 2.75) is 33.1 Å². The average Bonchev–Trinajstić information content (AvgIpc) is 2.51. The number of rotatable bonds is 6. The lowest BCUT2D eigenvalue weighted by atomic mass is 9.90. The zero-order chi connectivity index (χ0) is 16.1. The van der Waals surface area contributed by atoms with Gasteiger partial charge in [-0.2, -0.15) is 0 Å². The number of ketones is 1. The lowest BCUT2D eigenvalue weighted by Crippen LogP contribution is -2.48. The molecule has 1 amide bonds. The van der Waals surface area contributed by atoms with Gasteiger partial charge >= 0.3 is 5.97 Å². The fraction of sp³-hybridized carbons (Fsp3) is 0.471. The summed E-state index contributed by atoms with van der Waals surface area (Å²) in [5.74, 6) is -3.06. The van der Waals surface area contributed by atoms with Crippen molar-refractivity contribution in [3.63, 3.8) is 0 Å². The number of amides is 1. The molecule has 2 rings (SSSR count). The summed E-state index contributed by atoms with van der Waals surface area (Å²) >= 11 is 0. The number of fused-ring (bicyclic) bond motifs is 1. The maximum atomic E-state index is 12.6. The van der Waals surface area contributed by atoms with Crippen LogP contribution in [0.4, 0.5) is 5.69 Å². The molecule has 1 aromatic carbocycles. The minimum Gasteiger partial charge on any atom is -0.465 e. The van der Waals surface area contributed by atoms with Gasteiger partial charge < -0.3 is 9.64 Å². The SMILES string of the molecule is CCCCCN1C(=O)C(C(=O)OCC)C(=O)c2ccccc21. The van der Waals surface area contributed by atoms with Crippen LogP contribution >= 0.6 is 0 Å². The third-order valence-electron chi connectivity index (χ3n) is 3.74. The molecule has 5 nitrogen and oxygen atoms in total. The lowest BCUT2D eigenvalue weighted by molar-refractivity contribution is -0.149. The van der Waals surface area contributed by atoms with Crippen molar-refractivity contribution in [2.75, 3.05) is 18.1 Å². The Morgan fingerprint density at radius 2 is 1.91 bits per heavy atom. The van der Waals surface area contributed by atoms with E-state index < -0.39 is 23.6 Å². The molecule has 1 aliphatic rings. The summed E-state index contributed by atoms with van der Waals surface area (Å²) in [6, 6.07) is 6.93. The van der Waals surface area contributed by atoms with Gasteiger partial charge in [-0.1, -0.05) is 31.9 Å². The molecule has 0 aromatic heterocycles. The predicted octanol–water partition coefficient (Wildman–Crippen LogP) is 2.59. The summed E-state index contributed by atoms with van der Waals surface area (Å²) in [4.78, 5) is 38.6. The van der Waals surface area contributed by atoms with E-state index >= 15 is 0 Å². The molecule has 0 saturated carbocycles. The summed E-state index contributed by atoms with van der Waals surface area (Å²) in [5, 5.41) is 0. The quantitative estimate of drug-likeness (QED) is 0.460. The van der Waals surface area contributed by atoms with Gasteiger partial charge in [-0.15, -0.1) is 0 Å². The van der Waals surface area contributed by atoms with E-state index in [1.807, 2.05) is 0 Å². The van der Waals surface area contributed by atoms with Gasteiger partial charge in [-0.05, 0) is 25.5 Å². The van der Waals surface area contributed by atoms with Gasteiger partial charge in [0.25, 0.3) is 0 Å². The smallest absolute Gasteiger partial charge is 0.326 e. The summed E-state index contributed by atoms with van der Waals surface area (Å²) in [6.07, 6.45) is 2.86. The molecule has 1 aliphatic heterocycles. The number of carbonyl (C=O) groups is 3. The molecule has 1 atom stereocenters. The van der Waals surface area contributed by atoms with Crippen molar-refractivity contribution >= 4 is 23.3 Å². The topological polar surface area (TPSA) is 63.7 Å². The van der Waals surface area contributed by atoms with Crippen LogP contribution in [0.1, 0.15) is 43.5 Å². The first-order valence-corrected chi connectivity index (χ1v) is 7.73. The van der Waals surface area contributed by atoms with Gasteiger partial charge in [0.2, 0.25) is 5.91 Å². The van der Waals surface area contributed by atoms with E-state index in [2.05, 4.69) is 6.92 Å². The van der Waals surface area contributed by atoms with Gasteiger partial charge in [0, 0.05) is 12.1 Å². The first-order valence-electron chi connectivity index (χ1n) is 7.73. The number of hydrogen-bond donors (Lipinski definition) is 0. The molecule has 0 fully saturated rings. The summed E-state index contributed by atoms with van der Waals surface area (Å²) < 4.78 is 4.90. The molecule has 118 valence electrons. The second kappa shape index (κ2) is 7.20. The average molecular weight is 303 g/mol. The molecular weight excluding hydrogens is 282 g/mol. The zero-order valence-corrected chi connectivity index (χ0v) is 13.0. The Hall–Kier alpha value is -2.17. The number of ether oxygens (including phenoxy) is 1. The molecule has 0 aliphatic carbocycles. The normalized spacial score (nSPS) is 17.4. The van der Waals surface area contributed by atoms with Crippen LogP contribution in [0, 0.1) is 5.92 Å². The summed E-state index contributed by atoms with van der Waals surface area (Å²) in [7, 11) is 0. The maximum absolute atomic E-state index is 12.6. The Bertz CT molecular complexity index is 582. The Morgan fingerprint density at radius 3 is 2.59 bits per heavy atom. The third kappa shape index (κ3) is 3.03. The Kier molecular flexibility index (Phi) is 5.31. The minimum atomic E-state index is -1.36. The monoisotopic (exact) mass is 303 g/mol. The highest BCUT2D eigenvalue weighted by molar-refractivity contribution is 6.30. The number of hydrogen-bond acceptors (Lipinski definition) is 4. The van der Waals surface area contributed by atoms with Crippen LogP contribution < -0.4 is 4.90 Å². The summed E-state index contributed by atoms with van der Waals surface area (Å²) in [5.41, 5.74) is 1.01. The first kappa shape index (κ1) is 16.2. The Labute approximate surface area is 130 Å². The van der Waals surface area contributed by atoms with Crippen molar-refractivity contribution in [1.82, 2.24) is 0 Å². The third-order valence-corrected chi connectivity index (χ3v) is 3.74. The van der Waals surface area contributed by atoms with Gasteiger partial charge in [0.1, 0.15) is 0 Å². The van der Waals surface area contributed by atoms with Crippen LogP contribution in [0.25, 0.3) is 0 Å². The fourth-order valence-corrected chi connectivity index (χ4v) is 2.64. The standard InChI is InChI=1S/C17H21NO4/c1-3-5-8-11-18-13-10-7-6-9-12(13)15(19)14(16(18)20)17(21)22-4-2/h6-7,9-10,14H,3-5,8,11H2,1-2H3. The van der Waals surface area contributed by atoms with Crippen LogP contribution in [-0.2, 0) is 14.3 Å². The number of anilines is 1. The molecule has 0 radical (unpaired) electrons. The highest BCUT2D eigenvalue weighted by Crippen LogP contribution is 2.31. The van der Waals surface area contributed by atoms with Crippen LogP contribution in [0.15, 0.2) is 24.3 Å². The van der Waals surface area contributed by atoms with Crippen molar-refractivity contribution in [3.05, 3.63) is 29.8 Å². The second-order valence-corrected chi connectivity index (χ2v) is 5.26. The van der Waals surface area contributed by atoms with E-state index in [-0.39, 0.29) is 6.61 Å². The lowest BCUT2D eigenvalue weighted by Gasteiger charge is -2.32. The van der Waals surface area contributed by atoms with Crippen LogP contribution in [0.2, 0.25) is 0 Å². The molecule has 1 unspecified atom stereocenters. The zero-order valence-electron chi connectivity index (χ0n) is 13.0. The largest absolute Gasteiger partial charge is 0.465 e. The number of para-hydroxylation sites is 1. The molecule has 1 aromatic rings. The molecule has 1 heterocycles. The molecule has 0 N–H and O–H groups in total. The van der Waals surface area contributed by atoms with Crippen LogP contribution in [0.5, 0.6) is 0 Å². The minimum absolute atomic E-state index is 0.146. The molecular formula is C17H21NO4. The molecule has 0 spiro atoms. The van der Waals surface area contributed by atoms with Crippen molar-refractivity contribution in [1.29, 1.82) is 0 Å². The number of unbranched alkanes of at least 4 members (excludes halogenated alkanes) is 2. The fourth-order valence-electron chi connectivity index (χ4n) is 2.64. The van der Waals surface area contributed by atoms with E-state index in [0.29, 0.717) is 17.8 Å². The highest BCUT2D eigenvalue weighted by Gasteiger charge is 2.44. The number of esters is 1. The van der Waals surface area contributed by atoms with Crippen LogP contribution in [-0.4, -0.2) is 30.8 Å². The van der Waals surface area contributed by atoms with E-state index in [9.17, 15) is 14.4 Å². The van der Waals surface area contributed by atoms with Crippen LogP contribution in [0.3, 0.4) is 0 Å². The number of nitrogens with zero attached hydrogens (tertiary/aromatic N) is 1. The summed E-state index contributed by atoms with van der Waals surface area (Å²) in [6.45, 7) is 4.39. The van der Waals surface area contributed by atoms with Crippen molar-refractivity contribution in [3.8, 4) is 0 Å². The Balaban J connectivity index is 2.36. The Morgan fingerprint density at radius 1 is 1.18 bits per heavy atom. The van der Waals surface area contributed by atoms with E-state index in [0.717, 1.165) is 19.3 Å². The van der Waals surface area contributed by atoms with Gasteiger partial charge in [-0.25, -0.2) is 0 Å². The second-order valence-electron chi connectivity index (χ2n) is 5.26. The molecule has 0 bridgehead atoms. The highest BCUT2D eigenvalue weighted by atomic mass is 16.5. The first-order chi connectivity index (χ1) is 10.6. The van der Waals surface area contributed by atoms with Gasteiger partial charge in [-0.3, -0.25) is 14.4 Å². The number of benzene rings is 1. The molecule has 0 saturated heterocycles. The van der Waals surface area contributed by atoms with Gasteiger partial charge in [0.15, 0.2) is 11.7 Å². The predicted molar refractivity (Wildman–Crippen MR) is 82.8 cm³/mol. The number of carbonyl (C=O) groups excluding carboxylic acids is 3. The number of Topliss-reactive ketones (excluding diaryl/α,β-unsaturated/α-hetero) is 1. The van der Waals surface area contributed by atoms with E-state index in [1.165, 1.54) is 0 Å². The molecule has 22 heavy (non-hydrogen) atoms. The van der Waals surface area contributed by atoms with Crippen molar-refractivity contribution in [2.24, 2.45) is 5.92 Å². The maximum Gasteiger partial charge on any atom is 0.326 e. The molecule has 5 heteroatoms. The van der Waals surface area contributed by atoms with Crippen molar-refractivity contribution < 1.29 is 19.1 Å². The van der Waals surface area contributed by atoms with Gasteiger partial charge in [0.05, 0.1) is 12.3 Å².